The van der Waals surface area contributed by atoms with Crippen molar-refractivity contribution in [2.24, 2.45) is 4.99 Å². The van der Waals surface area contributed by atoms with Crippen LogP contribution in [0, 0.1) is 0 Å². The Labute approximate surface area is 85.3 Å². The number of fused-ring (bicyclic) bond motifs is 1. The Kier molecular flexibility index (Phi) is 3.05. The smallest absolute Gasteiger partial charge is 0.0778 e. The van der Waals surface area contributed by atoms with Gasteiger partial charge in [-0.25, -0.2) is 4.99 Å². The van der Waals surface area contributed by atoms with E-state index in [2.05, 4.69) is 4.99 Å². The first-order chi connectivity index (χ1) is 4.88. The van der Waals surface area contributed by atoms with Gasteiger partial charge in [0.1, 0.15) is 0 Å². The molecule has 2 rings (SSSR count). The predicted octanol–water partition coefficient (Wildman–Crippen LogP) is 1.80. The van der Waals surface area contributed by atoms with E-state index in [1.165, 1.54) is 4.90 Å². The van der Waals surface area contributed by atoms with Gasteiger partial charge in [-0.05, 0) is 32.8 Å². The zero-order chi connectivity index (χ0) is 6.97. The average molecular weight is 233 g/mol. The SMILES string of the molecule is S=S1C=Nc2ccccc21.[Zn]. The molecular weight excluding hydrogens is 228 g/mol. The minimum Gasteiger partial charge on any atom is -0.248 e. The van der Waals surface area contributed by atoms with E-state index >= 15 is 0 Å². The predicted molar refractivity (Wildman–Crippen MR) is 47.6 cm³/mol. The number of hydrogen-bond donors (Lipinski definition) is 0. The normalized spacial score (nSPS) is 19.1. The quantitative estimate of drug-likeness (QED) is 0.622. The summed E-state index contributed by atoms with van der Waals surface area (Å²) in [6.07, 6.45) is 0. The first-order valence-corrected chi connectivity index (χ1v) is 5.13. The Morgan fingerprint density at radius 3 is 2.73 bits per heavy atom. The maximum atomic E-state index is 5.14. The van der Waals surface area contributed by atoms with E-state index in [0.717, 1.165) is 5.69 Å². The molecule has 4 heteroatoms. The van der Waals surface area contributed by atoms with Crippen molar-refractivity contribution in [3.63, 3.8) is 0 Å². The van der Waals surface area contributed by atoms with E-state index in [9.17, 15) is 0 Å². The molecule has 1 aliphatic heterocycles. The van der Waals surface area contributed by atoms with E-state index in [-0.39, 0.29) is 28.9 Å². The van der Waals surface area contributed by atoms with Crippen LogP contribution in [-0.2, 0) is 40.1 Å². The van der Waals surface area contributed by atoms with Crippen LogP contribution in [0.3, 0.4) is 0 Å². The molecule has 0 bridgehead atoms. The van der Waals surface area contributed by atoms with Crippen molar-refractivity contribution in [2.45, 2.75) is 4.90 Å². The van der Waals surface area contributed by atoms with Crippen LogP contribution in [0.15, 0.2) is 34.2 Å². The van der Waals surface area contributed by atoms with Crippen molar-refractivity contribution < 1.29 is 19.5 Å². The van der Waals surface area contributed by atoms with Gasteiger partial charge in [0.25, 0.3) is 0 Å². The average Bonchev–Trinajstić information content (AvgIpc) is 2.34. The second-order valence-corrected chi connectivity index (χ2v) is 4.32. The van der Waals surface area contributed by atoms with Crippen LogP contribution >= 0.6 is 0 Å². The third-order valence-corrected chi connectivity index (χ3v) is 3.24. The largest absolute Gasteiger partial charge is 0.248 e. The Balaban J connectivity index is 0.000000605. The van der Waals surface area contributed by atoms with E-state index in [1.807, 2.05) is 29.8 Å². The fraction of sp³-hybridized carbons (Fsp3) is 0. The summed E-state index contributed by atoms with van der Waals surface area (Å²) < 4.78 is 0. The summed E-state index contributed by atoms with van der Waals surface area (Å²) >= 11 is 5.14. The van der Waals surface area contributed by atoms with Gasteiger partial charge >= 0.3 is 0 Å². The summed E-state index contributed by atoms with van der Waals surface area (Å²) in [5, 5.41) is 0. The summed E-state index contributed by atoms with van der Waals surface area (Å²) in [5.74, 6) is 0. The number of para-hydroxylation sites is 1. The standard InChI is InChI=1S/C7H5NS2.Zn/c9-10-5-8-6-3-1-2-4-7(6)10;/h1-5H;. The zero-order valence-corrected chi connectivity index (χ0v) is 10.5. The third kappa shape index (κ3) is 1.63. The van der Waals surface area contributed by atoms with Gasteiger partial charge in [0.15, 0.2) is 0 Å². The summed E-state index contributed by atoms with van der Waals surface area (Å²) in [4.78, 5) is 5.36. The van der Waals surface area contributed by atoms with Gasteiger partial charge in [-0.3, -0.25) is 0 Å². The van der Waals surface area contributed by atoms with Gasteiger partial charge in [0.2, 0.25) is 0 Å². The molecule has 52 valence electrons. The Hall–Kier alpha value is 0.0834. The molecule has 0 saturated carbocycles. The number of rotatable bonds is 0. The van der Waals surface area contributed by atoms with Crippen LogP contribution in [0.4, 0.5) is 5.69 Å². The molecule has 1 aromatic carbocycles. The summed E-state index contributed by atoms with van der Waals surface area (Å²) in [5.41, 5.74) is 2.88. The van der Waals surface area contributed by atoms with Crippen LogP contribution in [0.25, 0.3) is 0 Å². The second-order valence-electron chi connectivity index (χ2n) is 2.00. The molecule has 1 unspecified atom stereocenters. The molecule has 1 atom stereocenters. The van der Waals surface area contributed by atoms with Gasteiger partial charge in [-0.15, -0.1) is 0 Å². The summed E-state index contributed by atoms with van der Waals surface area (Å²) in [6.45, 7) is 0. The first kappa shape index (κ1) is 9.17. The molecule has 0 spiro atoms. The van der Waals surface area contributed by atoms with Crippen LogP contribution in [0.5, 0.6) is 0 Å². The molecule has 1 aliphatic rings. The van der Waals surface area contributed by atoms with Crippen LogP contribution in [-0.4, -0.2) is 5.55 Å². The summed E-state index contributed by atoms with van der Waals surface area (Å²) in [6, 6.07) is 8.01. The Morgan fingerprint density at radius 1 is 1.27 bits per heavy atom. The molecule has 11 heavy (non-hydrogen) atoms. The van der Waals surface area contributed by atoms with Crippen molar-refractivity contribution in [3.05, 3.63) is 24.3 Å². The van der Waals surface area contributed by atoms with Crippen LogP contribution in [0.2, 0.25) is 0 Å². The van der Waals surface area contributed by atoms with E-state index in [0.29, 0.717) is 0 Å². The van der Waals surface area contributed by atoms with Gasteiger partial charge in [-0.2, -0.15) is 0 Å². The van der Waals surface area contributed by atoms with Crippen molar-refractivity contribution >= 4 is 31.9 Å². The number of benzene rings is 1. The number of hydrogen-bond acceptors (Lipinski definition) is 2. The molecule has 0 N–H and O–H groups in total. The number of aliphatic imine (C=N–C) groups is 1. The molecule has 1 nitrogen and oxygen atoms in total. The molecule has 1 heterocycles. The molecule has 0 aromatic heterocycles. The van der Waals surface area contributed by atoms with E-state index < -0.39 is 0 Å². The minimum atomic E-state index is -0.156. The third-order valence-electron chi connectivity index (χ3n) is 1.37. The van der Waals surface area contributed by atoms with Crippen molar-refractivity contribution in [1.82, 2.24) is 0 Å². The topological polar surface area (TPSA) is 12.4 Å². The second kappa shape index (κ2) is 3.66. The van der Waals surface area contributed by atoms with E-state index in [4.69, 9.17) is 11.2 Å². The minimum absolute atomic E-state index is 0. The van der Waals surface area contributed by atoms with Crippen molar-refractivity contribution in [2.75, 3.05) is 0 Å². The number of nitrogens with zero attached hydrogens (tertiary/aromatic N) is 1. The van der Waals surface area contributed by atoms with Crippen molar-refractivity contribution in [3.8, 4) is 0 Å². The Morgan fingerprint density at radius 2 is 2.00 bits per heavy atom. The molecule has 1 aromatic rings. The fourth-order valence-corrected chi connectivity index (χ4v) is 2.31. The first-order valence-electron chi connectivity index (χ1n) is 2.92. The van der Waals surface area contributed by atoms with E-state index in [1.54, 1.807) is 0 Å². The van der Waals surface area contributed by atoms with Crippen LogP contribution in [0.1, 0.15) is 0 Å². The van der Waals surface area contributed by atoms with Crippen molar-refractivity contribution in [1.29, 1.82) is 0 Å². The fourth-order valence-electron chi connectivity index (χ4n) is 0.895. The molecular formula is C7H5NS2Zn. The van der Waals surface area contributed by atoms with Gasteiger partial charge in [-0.1, -0.05) is 12.1 Å². The zero-order valence-electron chi connectivity index (χ0n) is 5.86. The summed E-state index contributed by atoms with van der Waals surface area (Å²) in [7, 11) is -0.156. The molecule has 0 saturated heterocycles. The Bertz CT molecular complexity index is 322. The van der Waals surface area contributed by atoms with Crippen LogP contribution < -0.4 is 0 Å². The maximum absolute atomic E-state index is 5.14. The molecule has 0 radical (unpaired) electrons. The molecule has 0 amide bonds. The van der Waals surface area contributed by atoms with Gasteiger partial charge < -0.3 is 0 Å². The monoisotopic (exact) mass is 231 g/mol. The van der Waals surface area contributed by atoms with Gasteiger partial charge in [0.05, 0.1) is 11.2 Å². The maximum Gasteiger partial charge on any atom is 0.0778 e. The molecule has 0 aliphatic carbocycles. The van der Waals surface area contributed by atoms with Gasteiger partial charge in [0, 0.05) is 24.4 Å². The molecule has 0 fully saturated rings.